The van der Waals surface area contributed by atoms with E-state index < -0.39 is 0 Å². The summed E-state index contributed by atoms with van der Waals surface area (Å²) in [6.45, 7) is 0. The fraction of sp³-hybridized carbons (Fsp3) is 0.143. The van der Waals surface area contributed by atoms with E-state index in [1.807, 2.05) is 30.3 Å². The van der Waals surface area contributed by atoms with Crippen LogP contribution in [0.4, 0.5) is 5.69 Å². The van der Waals surface area contributed by atoms with Crippen LogP contribution in [0, 0.1) is 0 Å². The molecule has 1 atom stereocenters. The molecule has 2 aromatic heterocycles. The largest absolute Gasteiger partial charge is 0.326 e. The lowest BCUT2D eigenvalue weighted by Gasteiger charge is -2.13. The third-order valence-electron chi connectivity index (χ3n) is 4.90. The van der Waals surface area contributed by atoms with Crippen LogP contribution < -0.4 is 10.9 Å². The SMILES string of the molecule is O=C(C[C@@H]1CSc2nc3c(cnn3-c3ccccc3)c(=O)n21)Nc1cccc(Cl)c1. The van der Waals surface area contributed by atoms with Gasteiger partial charge in [0, 0.05) is 22.9 Å². The maximum absolute atomic E-state index is 13.2. The maximum Gasteiger partial charge on any atom is 0.265 e. The molecule has 0 fully saturated rings. The van der Waals surface area contributed by atoms with Crippen molar-refractivity contribution >= 4 is 46.0 Å². The van der Waals surface area contributed by atoms with Crippen LogP contribution in [-0.2, 0) is 4.79 Å². The molecule has 0 aliphatic carbocycles. The van der Waals surface area contributed by atoms with Gasteiger partial charge in [-0.1, -0.05) is 47.6 Å². The Balaban J connectivity index is 1.45. The van der Waals surface area contributed by atoms with Crippen molar-refractivity contribution in [2.24, 2.45) is 0 Å². The van der Waals surface area contributed by atoms with Gasteiger partial charge in [0.2, 0.25) is 5.91 Å². The Kier molecular flexibility index (Phi) is 4.80. The number of halogens is 1. The van der Waals surface area contributed by atoms with Crippen LogP contribution in [0.5, 0.6) is 0 Å². The van der Waals surface area contributed by atoms with Crippen molar-refractivity contribution in [2.45, 2.75) is 17.6 Å². The Morgan fingerprint density at radius 3 is 2.83 bits per heavy atom. The normalized spacial score (nSPS) is 15.3. The van der Waals surface area contributed by atoms with Crippen molar-refractivity contribution in [1.29, 1.82) is 0 Å². The fourth-order valence-corrected chi connectivity index (χ4v) is 4.85. The van der Waals surface area contributed by atoms with E-state index in [1.165, 1.54) is 18.0 Å². The summed E-state index contributed by atoms with van der Waals surface area (Å²) in [6, 6.07) is 16.3. The van der Waals surface area contributed by atoms with Crippen LogP contribution in [0.2, 0.25) is 5.02 Å². The van der Waals surface area contributed by atoms with Gasteiger partial charge in [0.1, 0.15) is 5.39 Å². The molecule has 2 aromatic carbocycles. The molecule has 0 bridgehead atoms. The van der Waals surface area contributed by atoms with Gasteiger partial charge < -0.3 is 5.32 Å². The molecule has 4 aromatic rings. The molecule has 0 spiro atoms. The second-order valence-electron chi connectivity index (χ2n) is 6.93. The molecule has 150 valence electrons. The van der Waals surface area contributed by atoms with Crippen LogP contribution in [0.15, 0.2) is 70.7 Å². The summed E-state index contributed by atoms with van der Waals surface area (Å²) in [4.78, 5) is 30.4. The summed E-state index contributed by atoms with van der Waals surface area (Å²) >= 11 is 7.44. The monoisotopic (exact) mass is 437 g/mol. The van der Waals surface area contributed by atoms with E-state index in [2.05, 4.69) is 15.4 Å². The lowest BCUT2D eigenvalue weighted by Crippen LogP contribution is -2.27. The molecule has 5 rings (SSSR count). The number of carbonyl (C=O) groups is 1. The molecule has 1 N–H and O–H groups in total. The zero-order valence-corrected chi connectivity index (χ0v) is 17.2. The van der Waals surface area contributed by atoms with E-state index in [4.69, 9.17) is 11.6 Å². The van der Waals surface area contributed by atoms with Crippen molar-refractivity contribution in [2.75, 3.05) is 11.1 Å². The zero-order chi connectivity index (χ0) is 20.7. The molecule has 9 heteroatoms. The minimum absolute atomic E-state index is 0.173. The molecule has 1 aliphatic heterocycles. The van der Waals surface area contributed by atoms with E-state index in [0.29, 0.717) is 32.7 Å². The van der Waals surface area contributed by atoms with Gasteiger partial charge in [-0.05, 0) is 30.3 Å². The first-order valence-electron chi connectivity index (χ1n) is 9.34. The minimum atomic E-state index is -0.270. The van der Waals surface area contributed by atoms with E-state index in [9.17, 15) is 9.59 Å². The Morgan fingerprint density at radius 1 is 1.20 bits per heavy atom. The Morgan fingerprint density at radius 2 is 2.03 bits per heavy atom. The molecule has 30 heavy (non-hydrogen) atoms. The zero-order valence-electron chi connectivity index (χ0n) is 15.7. The average molecular weight is 438 g/mol. The third-order valence-corrected chi connectivity index (χ3v) is 6.23. The molecule has 0 saturated heterocycles. The summed E-state index contributed by atoms with van der Waals surface area (Å²) in [5.41, 5.74) is 1.81. The van der Waals surface area contributed by atoms with E-state index in [0.717, 1.165) is 5.69 Å². The number of hydrogen-bond acceptors (Lipinski definition) is 5. The van der Waals surface area contributed by atoms with Gasteiger partial charge in [0.25, 0.3) is 5.56 Å². The fourth-order valence-electron chi connectivity index (χ4n) is 3.53. The number of carbonyl (C=O) groups excluding carboxylic acids is 1. The van der Waals surface area contributed by atoms with E-state index in [1.54, 1.807) is 33.5 Å². The van der Waals surface area contributed by atoms with Crippen molar-refractivity contribution in [3.05, 3.63) is 76.2 Å². The van der Waals surface area contributed by atoms with Gasteiger partial charge in [0.05, 0.1) is 17.9 Å². The van der Waals surface area contributed by atoms with Crippen molar-refractivity contribution in [1.82, 2.24) is 19.3 Å². The summed E-state index contributed by atoms with van der Waals surface area (Å²) < 4.78 is 3.28. The minimum Gasteiger partial charge on any atom is -0.326 e. The maximum atomic E-state index is 13.2. The lowest BCUT2D eigenvalue weighted by molar-refractivity contribution is -0.116. The second kappa shape index (κ2) is 7.62. The Bertz CT molecular complexity index is 1320. The van der Waals surface area contributed by atoms with Crippen LogP contribution in [0.25, 0.3) is 16.7 Å². The number of fused-ring (bicyclic) bond motifs is 2. The highest BCUT2D eigenvalue weighted by Gasteiger charge is 2.29. The Hall–Kier alpha value is -3.10. The number of hydrogen-bond donors (Lipinski definition) is 1. The van der Waals surface area contributed by atoms with E-state index in [-0.39, 0.29) is 23.9 Å². The van der Waals surface area contributed by atoms with Crippen molar-refractivity contribution in [3.63, 3.8) is 0 Å². The summed E-state index contributed by atoms with van der Waals surface area (Å²) in [5, 5.41) is 8.78. The first-order chi connectivity index (χ1) is 14.6. The molecule has 0 unspecified atom stereocenters. The van der Waals surface area contributed by atoms with Crippen LogP contribution >= 0.6 is 23.4 Å². The highest BCUT2D eigenvalue weighted by Crippen LogP contribution is 2.33. The highest BCUT2D eigenvalue weighted by molar-refractivity contribution is 7.99. The van der Waals surface area contributed by atoms with Crippen LogP contribution in [0.3, 0.4) is 0 Å². The number of thioether (sulfide) groups is 1. The number of aromatic nitrogens is 4. The first-order valence-corrected chi connectivity index (χ1v) is 10.7. The van der Waals surface area contributed by atoms with Gasteiger partial charge in [-0.25, -0.2) is 9.67 Å². The number of nitrogens with one attached hydrogen (secondary N) is 1. The molecule has 0 radical (unpaired) electrons. The summed E-state index contributed by atoms with van der Waals surface area (Å²) in [5.74, 6) is 0.430. The Labute approximate surface area is 180 Å². The van der Waals surface area contributed by atoms with Gasteiger partial charge in [-0.3, -0.25) is 14.2 Å². The number of benzene rings is 2. The molecule has 1 aliphatic rings. The van der Waals surface area contributed by atoms with Gasteiger partial charge in [-0.2, -0.15) is 5.10 Å². The topological polar surface area (TPSA) is 81.8 Å². The summed E-state index contributed by atoms with van der Waals surface area (Å²) in [7, 11) is 0. The van der Waals surface area contributed by atoms with Gasteiger partial charge >= 0.3 is 0 Å². The van der Waals surface area contributed by atoms with Crippen molar-refractivity contribution in [3.8, 4) is 5.69 Å². The lowest BCUT2D eigenvalue weighted by atomic mass is 10.2. The number of nitrogens with zero attached hydrogens (tertiary/aromatic N) is 4. The number of amides is 1. The van der Waals surface area contributed by atoms with Crippen LogP contribution in [-0.4, -0.2) is 31.0 Å². The van der Waals surface area contributed by atoms with Gasteiger partial charge in [0.15, 0.2) is 10.8 Å². The standard InChI is InChI=1S/C21H16ClN5O2S/c22-13-5-4-6-14(9-13)24-18(28)10-16-12-30-21-25-19-17(20(29)26(16)21)11-23-27(19)15-7-2-1-3-8-15/h1-9,11,16H,10,12H2,(H,24,28)/t16-/m1/s1. The quantitative estimate of drug-likeness (QED) is 0.489. The molecule has 3 heterocycles. The molecule has 1 amide bonds. The second-order valence-corrected chi connectivity index (χ2v) is 8.35. The van der Waals surface area contributed by atoms with Gasteiger partial charge in [-0.15, -0.1) is 0 Å². The highest BCUT2D eigenvalue weighted by atomic mass is 35.5. The number of rotatable bonds is 4. The predicted molar refractivity (Wildman–Crippen MR) is 118 cm³/mol. The molecule has 0 saturated carbocycles. The molecular weight excluding hydrogens is 422 g/mol. The predicted octanol–water partition coefficient (Wildman–Crippen LogP) is 3.91. The first kappa shape index (κ1) is 18.9. The molecular formula is C21H16ClN5O2S. The van der Waals surface area contributed by atoms with Crippen molar-refractivity contribution < 1.29 is 4.79 Å². The number of para-hydroxylation sites is 1. The summed E-state index contributed by atoms with van der Waals surface area (Å²) in [6.07, 6.45) is 1.71. The molecule has 7 nitrogen and oxygen atoms in total. The average Bonchev–Trinajstić information content (AvgIpc) is 3.34. The number of anilines is 1. The van der Waals surface area contributed by atoms with E-state index >= 15 is 0 Å². The smallest absolute Gasteiger partial charge is 0.265 e. The third kappa shape index (κ3) is 3.38. The van der Waals surface area contributed by atoms with Crippen LogP contribution in [0.1, 0.15) is 12.5 Å².